The summed E-state index contributed by atoms with van der Waals surface area (Å²) in [4.78, 5) is 15.7. The molecule has 0 radical (unpaired) electrons. The fourth-order valence-corrected chi connectivity index (χ4v) is 5.21. The number of hydrogen-bond acceptors (Lipinski definition) is 4. The molecule has 1 N–H and O–H groups in total. The molecule has 0 saturated heterocycles. The summed E-state index contributed by atoms with van der Waals surface area (Å²) < 4.78 is 8.68. The number of carbonyl (C=O) groups is 1. The van der Waals surface area contributed by atoms with Crippen LogP contribution in [0.3, 0.4) is 0 Å². The fourth-order valence-electron chi connectivity index (χ4n) is 4.93. The molecule has 1 aliphatic heterocycles. The van der Waals surface area contributed by atoms with Crippen LogP contribution in [0.1, 0.15) is 50.2 Å². The van der Waals surface area contributed by atoms with Crippen molar-refractivity contribution in [2.24, 2.45) is 0 Å². The van der Waals surface area contributed by atoms with E-state index in [1.54, 1.807) is 7.11 Å². The molecule has 5 rings (SSSR count). The lowest BCUT2D eigenvalue weighted by molar-refractivity contribution is 0.0975. The molecule has 36 heavy (non-hydrogen) atoms. The second kappa shape index (κ2) is 9.47. The Labute approximate surface area is 220 Å². The van der Waals surface area contributed by atoms with Crippen LogP contribution >= 0.6 is 15.9 Å². The molecular formula is C29H29BrN4O2. The smallest absolute Gasteiger partial charge is 0.262 e. The van der Waals surface area contributed by atoms with Crippen molar-refractivity contribution in [2.45, 2.75) is 40.4 Å². The van der Waals surface area contributed by atoms with E-state index in [2.05, 4.69) is 64.5 Å². The third-order valence-corrected chi connectivity index (χ3v) is 7.79. The van der Waals surface area contributed by atoms with Gasteiger partial charge in [-0.3, -0.25) is 14.4 Å². The largest absolute Gasteiger partial charge is 0.496 e. The Hall–Kier alpha value is -3.58. The van der Waals surface area contributed by atoms with Gasteiger partial charge in [-0.25, -0.2) is 0 Å². The summed E-state index contributed by atoms with van der Waals surface area (Å²) in [6, 6.07) is 20.0. The number of benzene rings is 3. The molecule has 0 spiro atoms. The molecule has 0 saturated carbocycles. The Kier molecular flexibility index (Phi) is 6.35. The van der Waals surface area contributed by atoms with Crippen LogP contribution in [0.25, 0.3) is 0 Å². The summed E-state index contributed by atoms with van der Waals surface area (Å²) in [5.41, 5.74) is 8.53. The summed E-state index contributed by atoms with van der Waals surface area (Å²) in [6.45, 7) is 8.69. The van der Waals surface area contributed by atoms with Crippen molar-refractivity contribution in [2.75, 3.05) is 17.3 Å². The van der Waals surface area contributed by atoms with Crippen molar-refractivity contribution >= 4 is 33.2 Å². The highest BCUT2D eigenvalue weighted by Crippen LogP contribution is 2.38. The second-order valence-electron chi connectivity index (χ2n) is 9.33. The Morgan fingerprint density at radius 1 is 1.00 bits per heavy atom. The van der Waals surface area contributed by atoms with Crippen LogP contribution in [-0.4, -0.2) is 22.8 Å². The van der Waals surface area contributed by atoms with Gasteiger partial charge in [0.15, 0.2) is 0 Å². The summed E-state index contributed by atoms with van der Waals surface area (Å²) >= 11 is 3.62. The summed E-state index contributed by atoms with van der Waals surface area (Å²) in [5, 5.41) is 8.30. The predicted molar refractivity (Wildman–Crippen MR) is 147 cm³/mol. The maximum Gasteiger partial charge on any atom is 0.262 e. The second-order valence-corrected chi connectivity index (χ2v) is 10.1. The number of nitrogens with zero attached hydrogens (tertiary/aromatic N) is 3. The molecule has 1 amide bonds. The Morgan fingerprint density at radius 2 is 1.72 bits per heavy atom. The van der Waals surface area contributed by atoms with Gasteiger partial charge in [-0.2, -0.15) is 5.10 Å². The SMILES string of the molecule is COc1ccc([C@H]2Nc3ccccc3C(=O)N2c2cc(C)cc(C)c2)cc1Cn1nc(C)c(Br)c1C. The summed E-state index contributed by atoms with van der Waals surface area (Å²) in [7, 11) is 1.68. The Bertz CT molecular complexity index is 1460. The Morgan fingerprint density at radius 3 is 2.39 bits per heavy atom. The topological polar surface area (TPSA) is 59.4 Å². The molecule has 0 unspecified atom stereocenters. The molecule has 2 heterocycles. The van der Waals surface area contributed by atoms with Crippen molar-refractivity contribution in [1.29, 1.82) is 0 Å². The first-order chi connectivity index (χ1) is 17.3. The normalized spacial score (nSPS) is 15.0. The number of nitrogens with one attached hydrogen (secondary N) is 1. The van der Waals surface area contributed by atoms with Crippen molar-refractivity contribution < 1.29 is 9.53 Å². The van der Waals surface area contributed by atoms with E-state index in [0.717, 1.165) is 55.2 Å². The van der Waals surface area contributed by atoms with Crippen LogP contribution in [-0.2, 0) is 6.54 Å². The number of aromatic nitrogens is 2. The quantitative estimate of drug-likeness (QED) is 0.303. The molecule has 3 aromatic carbocycles. The highest BCUT2D eigenvalue weighted by Gasteiger charge is 2.34. The first kappa shape index (κ1) is 24.1. The molecule has 1 aliphatic rings. The molecule has 7 heteroatoms. The van der Waals surface area contributed by atoms with Crippen LogP contribution in [0.5, 0.6) is 5.75 Å². The average Bonchev–Trinajstić information content (AvgIpc) is 3.09. The van der Waals surface area contributed by atoms with E-state index in [-0.39, 0.29) is 12.1 Å². The van der Waals surface area contributed by atoms with Crippen molar-refractivity contribution in [3.05, 3.63) is 104 Å². The van der Waals surface area contributed by atoms with Gasteiger partial charge in [0.25, 0.3) is 5.91 Å². The number of rotatable bonds is 5. The van der Waals surface area contributed by atoms with Gasteiger partial charge < -0.3 is 10.1 Å². The monoisotopic (exact) mass is 544 g/mol. The van der Waals surface area contributed by atoms with E-state index in [1.807, 2.05) is 59.8 Å². The number of hydrogen-bond donors (Lipinski definition) is 1. The first-order valence-corrected chi connectivity index (χ1v) is 12.7. The number of amides is 1. The van der Waals surface area contributed by atoms with Crippen LogP contribution in [0.4, 0.5) is 11.4 Å². The molecule has 0 bridgehead atoms. The van der Waals surface area contributed by atoms with Gasteiger partial charge in [-0.1, -0.05) is 24.3 Å². The van der Waals surface area contributed by atoms with Crippen LogP contribution < -0.4 is 15.0 Å². The van der Waals surface area contributed by atoms with Crippen LogP contribution in [0.15, 0.2) is 65.1 Å². The maximum absolute atomic E-state index is 13.8. The Balaban J connectivity index is 1.63. The van der Waals surface area contributed by atoms with Gasteiger partial charge in [0, 0.05) is 16.9 Å². The zero-order valence-electron chi connectivity index (χ0n) is 21.1. The fraction of sp³-hybridized carbons (Fsp3) is 0.241. The maximum atomic E-state index is 13.8. The van der Waals surface area contributed by atoms with E-state index < -0.39 is 0 Å². The molecule has 6 nitrogen and oxygen atoms in total. The van der Waals surface area contributed by atoms with Gasteiger partial charge in [-0.05, 0) is 96.7 Å². The highest BCUT2D eigenvalue weighted by molar-refractivity contribution is 9.10. The van der Waals surface area contributed by atoms with E-state index >= 15 is 0 Å². The minimum absolute atomic E-state index is 0.0285. The van der Waals surface area contributed by atoms with E-state index in [0.29, 0.717) is 12.1 Å². The van der Waals surface area contributed by atoms with Gasteiger partial charge in [0.2, 0.25) is 0 Å². The third-order valence-electron chi connectivity index (χ3n) is 6.64. The zero-order chi connectivity index (χ0) is 25.6. The number of fused-ring (bicyclic) bond motifs is 1. The molecule has 1 aromatic heterocycles. The van der Waals surface area contributed by atoms with Gasteiger partial charge in [0.1, 0.15) is 11.9 Å². The van der Waals surface area contributed by atoms with Gasteiger partial charge in [-0.15, -0.1) is 0 Å². The molecule has 0 aliphatic carbocycles. The van der Waals surface area contributed by atoms with Gasteiger partial charge in [0.05, 0.1) is 35.1 Å². The minimum Gasteiger partial charge on any atom is -0.496 e. The number of ether oxygens (including phenoxy) is 1. The third kappa shape index (κ3) is 4.28. The number of carbonyl (C=O) groups excluding carboxylic acids is 1. The standard InChI is InChI=1S/C29H29BrN4O2/c1-17-12-18(2)14-23(13-17)34-28(31-25-9-7-6-8-24(25)29(34)35)21-10-11-26(36-5)22(15-21)16-33-20(4)27(30)19(3)32-33/h6-15,28,31H,16H2,1-5H3/t28-/m0/s1. The highest BCUT2D eigenvalue weighted by atomic mass is 79.9. The summed E-state index contributed by atoms with van der Waals surface area (Å²) in [5.74, 6) is 0.752. The zero-order valence-corrected chi connectivity index (χ0v) is 22.7. The first-order valence-electron chi connectivity index (χ1n) is 11.9. The van der Waals surface area contributed by atoms with Gasteiger partial charge >= 0.3 is 0 Å². The average molecular weight is 545 g/mol. The number of aryl methyl sites for hydroxylation is 3. The van der Waals surface area contributed by atoms with E-state index in [1.165, 1.54) is 0 Å². The van der Waals surface area contributed by atoms with Crippen molar-refractivity contribution in [3.8, 4) is 5.75 Å². The lowest BCUT2D eigenvalue weighted by Crippen LogP contribution is -2.43. The van der Waals surface area contributed by atoms with E-state index in [4.69, 9.17) is 4.74 Å². The number of methoxy groups -OCH3 is 1. The lowest BCUT2D eigenvalue weighted by Gasteiger charge is -2.38. The molecule has 0 fully saturated rings. The van der Waals surface area contributed by atoms with Crippen molar-refractivity contribution in [1.82, 2.24) is 9.78 Å². The van der Waals surface area contributed by atoms with Crippen LogP contribution in [0.2, 0.25) is 0 Å². The number of para-hydroxylation sites is 1. The molecule has 1 atom stereocenters. The molecular weight excluding hydrogens is 516 g/mol. The summed E-state index contributed by atoms with van der Waals surface area (Å²) in [6.07, 6.45) is -0.384. The lowest BCUT2D eigenvalue weighted by atomic mass is 9.99. The molecule has 4 aromatic rings. The minimum atomic E-state index is -0.384. The van der Waals surface area contributed by atoms with Crippen LogP contribution in [0, 0.1) is 27.7 Å². The predicted octanol–water partition coefficient (Wildman–Crippen LogP) is 6.71. The molecule has 184 valence electrons. The van der Waals surface area contributed by atoms with E-state index in [9.17, 15) is 4.79 Å². The number of halogens is 1. The number of anilines is 2. The van der Waals surface area contributed by atoms with Crippen molar-refractivity contribution in [3.63, 3.8) is 0 Å².